The maximum atomic E-state index is 12.4. The molecule has 1 amide bonds. The normalized spacial score (nSPS) is 11.0. The zero-order valence-corrected chi connectivity index (χ0v) is 14.7. The Kier molecular flexibility index (Phi) is 4.01. The molecule has 0 aliphatic heterocycles. The Morgan fingerprint density at radius 2 is 2.00 bits per heavy atom. The first-order valence-electron chi connectivity index (χ1n) is 8.41. The van der Waals surface area contributed by atoms with Crippen LogP contribution in [0.1, 0.15) is 21.6 Å². The molecule has 4 rings (SSSR count). The minimum Gasteiger partial charge on any atom is -0.361 e. The van der Waals surface area contributed by atoms with E-state index in [-0.39, 0.29) is 5.91 Å². The number of rotatable bonds is 4. The van der Waals surface area contributed by atoms with Crippen LogP contribution in [-0.4, -0.2) is 25.7 Å². The van der Waals surface area contributed by atoms with Crippen LogP contribution in [0.5, 0.6) is 0 Å². The molecule has 0 radical (unpaired) electrons. The number of H-pyrrole nitrogens is 1. The number of aromatic nitrogens is 4. The Hall–Kier alpha value is -3.41. The van der Waals surface area contributed by atoms with Crippen LogP contribution < -0.4 is 5.32 Å². The summed E-state index contributed by atoms with van der Waals surface area (Å²) < 4.78 is 1.80. The van der Waals surface area contributed by atoms with E-state index in [4.69, 9.17) is 0 Å². The van der Waals surface area contributed by atoms with Gasteiger partial charge in [0.25, 0.3) is 5.91 Å². The second-order valence-electron chi connectivity index (χ2n) is 6.24. The number of carbonyl (C=O) groups is 1. The summed E-state index contributed by atoms with van der Waals surface area (Å²) in [7, 11) is 1.89. The van der Waals surface area contributed by atoms with Gasteiger partial charge in [-0.2, -0.15) is 5.10 Å². The fourth-order valence-electron chi connectivity index (χ4n) is 2.99. The molecule has 2 N–H and O–H groups in total. The average molecular weight is 345 g/mol. The zero-order valence-electron chi connectivity index (χ0n) is 14.7. The van der Waals surface area contributed by atoms with E-state index in [0.29, 0.717) is 12.1 Å². The maximum Gasteiger partial charge on any atom is 0.251 e. The highest BCUT2D eigenvalue weighted by atomic mass is 16.1. The van der Waals surface area contributed by atoms with Gasteiger partial charge in [0.05, 0.1) is 11.9 Å². The monoisotopic (exact) mass is 345 g/mol. The quantitative estimate of drug-likeness (QED) is 0.596. The van der Waals surface area contributed by atoms with E-state index in [1.807, 2.05) is 56.6 Å². The molecule has 6 nitrogen and oxygen atoms in total. The van der Waals surface area contributed by atoms with Crippen molar-refractivity contribution in [2.24, 2.45) is 7.05 Å². The Balaban J connectivity index is 1.51. The molecule has 1 aromatic carbocycles. The maximum absolute atomic E-state index is 12.4. The number of hydrogen-bond acceptors (Lipinski definition) is 3. The molecular formula is C20H19N5O. The van der Waals surface area contributed by atoms with E-state index in [2.05, 4.69) is 20.4 Å². The Morgan fingerprint density at radius 3 is 2.73 bits per heavy atom. The summed E-state index contributed by atoms with van der Waals surface area (Å²) in [6.45, 7) is 2.45. The van der Waals surface area contributed by atoms with E-state index in [9.17, 15) is 4.79 Å². The van der Waals surface area contributed by atoms with Gasteiger partial charge in [-0.05, 0) is 31.2 Å². The van der Waals surface area contributed by atoms with Gasteiger partial charge in [-0.25, -0.2) is 0 Å². The minimum atomic E-state index is -0.104. The van der Waals surface area contributed by atoms with Crippen molar-refractivity contribution in [3.8, 4) is 11.3 Å². The van der Waals surface area contributed by atoms with E-state index >= 15 is 0 Å². The van der Waals surface area contributed by atoms with Gasteiger partial charge in [-0.15, -0.1) is 0 Å². The highest BCUT2D eigenvalue weighted by Gasteiger charge is 2.10. The molecule has 4 aromatic rings. The molecule has 0 atom stereocenters. The van der Waals surface area contributed by atoms with Gasteiger partial charge in [-0.1, -0.05) is 12.1 Å². The number of aromatic amines is 1. The molecule has 0 unspecified atom stereocenters. The van der Waals surface area contributed by atoms with Gasteiger partial charge in [-0.3, -0.25) is 14.5 Å². The van der Waals surface area contributed by atoms with Gasteiger partial charge < -0.3 is 10.3 Å². The first kappa shape index (κ1) is 16.1. The van der Waals surface area contributed by atoms with Crippen LogP contribution in [-0.2, 0) is 13.6 Å². The number of benzene rings is 1. The number of carbonyl (C=O) groups excluding carboxylic acids is 1. The minimum absolute atomic E-state index is 0.104. The molecule has 0 aliphatic rings. The Labute approximate surface area is 150 Å². The van der Waals surface area contributed by atoms with Gasteiger partial charge in [0.15, 0.2) is 0 Å². The van der Waals surface area contributed by atoms with Gasteiger partial charge in [0.2, 0.25) is 0 Å². The second-order valence-corrected chi connectivity index (χ2v) is 6.24. The van der Waals surface area contributed by atoms with Crippen molar-refractivity contribution in [2.45, 2.75) is 13.5 Å². The molecule has 0 aliphatic carbocycles. The topological polar surface area (TPSA) is 75.6 Å². The van der Waals surface area contributed by atoms with Crippen LogP contribution in [0.3, 0.4) is 0 Å². The van der Waals surface area contributed by atoms with Crippen LogP contribution >= 0.6 is 0 Å². The number of nitrogens with zero attached hydrogens (tertiary/aromatic N) is 3. The fraction of sp³-hybridized carbons (Fsp3) is 0.150. The van der Waals surface area contributed by atoms with Gasteiger partial charge in [0, 0.05) is 59.3 Å². The molecule has 130 valence electrons. The van der Waals surface area contributed by atoms with Crippen LogP contribution in [0.15, 0.2) is 55.0 Å². The van der Waals surface area contributed by atoms with E-state index in [0.717, 1.165) is 33.4 Å². The van der Waals surface area contributed by atoms with Crippen molar-refractivity contribution >= 4 is 16.8 Å². The molecule has 3 heterocycles. The molecular weight excluding hydrogens is 326 g/mol. The van der Waals surface area contributed by atoms with Crippen LogP contribution in [0.2, 0.25) is 0 Å². The smallest absolute Gasteiger partial charge is 0.251 e. The van der Waals surface area contributed by atoms with Crippen molar-refractivity contribution in [1.29, 1.82) is 0 Å². The van der Waals surface area contributed by atoms with E-state index in [1.165, 1.54) is 0 Å². The first-order valence-corrected chi connectivity index (χ1v) is 8.41. The molecule has 6 heteroatoms. The number of pyridine rings is 1. The highest BCUT2D eigenvalue weighted by molar-refractivity contribution is 5.96. The summed E-state index contributed by atoms with van der Waals surface area (Å²) >= 11 is 0. The van der Waals surface area contributed by atoms with Crippen LogP contribution in [0.25, 0.3) is 22.2 Å². The third kappa shape index (κ3) is 2.86. The number of fused-ring (bicyclic) bond motifs is 1. The molecule has 0 spiro atoms. The summed E-state index contributed by atoms with van der Waals surface area (Å²) in [5.74, 6) is -0.104. The van der Waals surface area contributed by atoms with E-state index < -0.39 is 0 Å². The highest BCUT2D eigenvalue weighted by Crippen LogP contribution is 2.25. The summed E-state index contributed by atoms with van der Waals surface area (Å²) in [5, 5.41) is 8.20. The predicted molar refractivity (Wildman–Crippen MR) is 101 cm³/mol. The van der Waals surface area contributed by atoms with Crippen molar-refractivity contribution in [3.63, 3.8) is 0 Å². The summed E-state index contributed by atoms with van der Waals surface area (Å²) in [5.41, 5.74) is 5.61. The molecule has 0 bridgehead atoms. The third-order valence-corrected chi connectivity index (χ3v) is 4.68. The van der Waals surface area contributed by atoms with Crippen molar-refractivity contribution in [2.75, 3.05) is 0 Å². The van der Waals surface area contributed by atoms with Gasteiger partial charge in [0.1, 0.15) is 0 Å². The fourth-order valence-corrected chi connectivity index (χ4v) is 2.99. The van der Waals surface area contributed by atoms with E-state index in [1.54, 1.807) is 17.1 Å². The standard InChI is InChI=1S/C20H19N5O/c1-13-16(12-24-25(13)2)11-23-20(26)15-5-3-14(4-6-15)19-17-7-9-21-18(17)8-10-22-19/h3-10,12,21H,11H2,1-2H3,(H,23,26). The Bertz CT molecular complexity index is 1080. The van der Waals surface area contributed by atoms with Gasteiger partial charge >= 0.3 is 0 Å². The van der Waals surface area contributed by atoms with Crippen molar-refractivity contribution < 1.29 is 4.79 Å². The van der Waals surface area contributed by atoms with Crippen LogP contribution in [0, 0.1) is 6.92 Å². The predicted octanol–water partition coefficient (Wildman–Crippen LogP) is 3.20. The molecule has 26 heavy (non-hydrogen) atoms. The zero-order chi connectivity index (χ0) is 18.1. The first-order chi connectivity index (χ1) is 12.6. The lowest BCUT2D eigenvalue weighted by Crippen LogP contribution is -2.22. The van der Waals surface area contributed by atoms with Crippen LogP contribution in [0.4, 0.5) is 0 Å². The largest absolute Gasteiger partial charge is 0.361 e. The number of aryl methyl sites for hydroxylation is 1. The number of amides is 1. The molecule has 0 saturated heterocycles. The molecule has 0 saturated carbocycles. The summed E-state index contributed by atoms with van der Waals surface area (Å²) in [4.78, 5) is 20.1. The lowest BCUT2D eigenvalue weighted by atomic mass is 10.1. The molecule has 3 aromatic heterocycles. The Morgan fingerprint density at radius 1 is 1.19 bits per heavy atom. The third-order valence-electron chi connectivity index (χ3n) is 4.68. The molecule has 0 fully saturated rings. The lowest BCUT2D eigenvalue weighted by Gasteiger charge is -2.07. The van der Waals surface area contributed by atoms with Crippen molar-refractivity contribution in [1.82, 2.24) is 25.1 Å². The number of hydrogen-bond donors (Lipinski definition) is 2. The SMILES string of the molecule is Cc1c(CNC(=O)c2ccc(-c3nccc4[nH]ccc34)cc2)cnn1C. The second kappa shape index (κ2) is 6.48. The van der Waals surface area contributed by atoms with Crippen molar-refractivity contribution in [3.05, 3.63) is 71.8 Å². The summed E-state index contributed by atoms with van der Waals surface area (Å²) in [6.07, 6.45) is 5.46. The summed E-state index contributed by atoms with van der Waals surface area (Å²) in [6, 6.07) is 11.5. The number of nitrogens with one attached hydrogen (secondary N) is 2. The lowest BCUT2D eigenvalue weighted by molar-refractivity contribution is 0.0951. The average Bonchev–Trinajstić information content (AvgIpc) is 3.27.